The minimum atomic E-state index is 0.0615. The number of aliphatic hydroxyl groups excluding tert-OH is 1. The molecule has 2 heteroatoms. The quantitative estimate of drug-likeness (QED) is 0.738. The molecule has 1 heterocycles. The average Bonchev–Trinajstić information content (AvgIpc) is 2.47. The van der Waals surface area contributed by atoms with E-state index in [-0.39, 0.29) is 6.61 Å². The number of rotatable bonds is 2. The van der Waals surface area contributed by atoms with E-state index in [1.807, 2.05) is 42.6 Å². The van der Waals surface area contributed by atoms with Crippen LogP contribution in [0.25, 0.3) is 22.0 Å². The molecule has 0 saturated carbocycles. The van der Waals surface area contributed by atoms with Crippen LogP contribution in [0.4, 0.5) is 0 Å². The van der Waals surface area contributed by atoms with E-state index >= 15 is 0 Å². The minimum absolute atomic E-state index is 0.0615. The standard InChI is InChI=1S/C16H13NO/c18-11-12-4-1-6-14(10-12)15-8-2-5-13-7-3-9-17-16(13)15/h1-10,18H,11H2. The second kappa shape index (κ2) is 4.59. The summed E-state index contributed by atoms with van der Waals surface area (Å²) in [5.41, 5.74) is 4.10. The molecule has 0 amide bonds. The molecule has 0 spiro atoms. The van der Waals surface area contributed by atoms with Crippen LogP contribution in [0.3, 0.4) is 0 Å². The first kappa shape index (κ1) is 10.9. The summed E-state index contributed by atoms with van der Waals surface area (Å²) >= 11 is 0. The Morgan fingerprint density at radius 1 is 0.944 bits per heavy atom. The second-order valence-corrected chi connectivity index (χ2v) is 4.24. The van der Waals surface area contributed by atoms with Gasteiger partial charge in [-0.15, -0.1) is 0 Å². The van der Waals surface area contributed by atoms with E-state index in [9.17, 15) is 5.11 Å². The summed E-state index contributed by atoms with van der Waals surface area (Å²) in [4.78, 5) is 4.45. The van der Waals surface area contributed by atoms with Crippen LogP contribution in [-0.2, 0) is 6.61 Å². The van der Waals surface area contributed by atoms with E-state index in [1.165, 1.54) is 0 Å². The van der Waals surface area contributed by atoms with Crippen LogP contribution in [0.5, 0.6) is 0 Å². The van der Waals surface area contributed by atoms with E-state index in [2.05, 4.69) is 23.2 Å². The van der Waals surface area contributed by atoms with Crippen LogP contribution < -0.4 is 0 Å². The van der Waals surface area contributed by atoms with Gasteiger partial charge >= 0.3 is 0 Å². The van der Waals surface area contributed by atoms with Crippen molar-refractivity contribution in [1.82, 2.24) is 4.98 Å². The number of pyridine rings is 1. The van der Waals surface area contributed by atoms with Crippen LogP contribution in [0.15, 0.2) is 60.8 Å². The molecule has 2 aromatic carbocycles. The molecule has 0 aliphatic heterocycles. The Morgan fingerprint density at radius 3 is 2.67 bits per heavy atom. The Morgan fingerprint density at radius 2 is 1.78 bits per heavy atom. The highest BCUT2D eigenvalue weighted by Gasteiger charge is 2.04. The maximum absolute atomic E-state index is 9.21. The molecule has 88 valence electrons. The van der Waals surface area contributed by atoms with E-state index < -0.39 is 0 Å². The number of aliphatic hydroxyl groups is 1. The number of hydrogen-bond donors (Lipinski definition) is 1. The van der Waals surface area contributed by atoms with Gasteiger partial charge in [-0.1, -0.05) is 42.5 Å². The molecular formula is C16H13NO. The molecule has 0 fully saturated rings. The monoisotopic (exact) mass is 235 g/mol. The molecule has 0 bridgehead atoms. The van der Waals surface area contributed by atoms with E-state index in [0.29, 0.717) is 0 Å². The summed E-state index contributed by atoms with van der Waals surface area (Å²) in [5, 5.41) is 10.3. The van der Waals surface area contributed by atoms with Crippen molar-refractivity contribution in [2.45, 2.75) is 6.61 Å². The van der Waals surface area contributed by atoms with Crippen molar-refractivity contribution in [1.29, 1.82) is 0 Å². The van der Waals surface area contributed by atoms with Crippen LogP contribution in [-0.4, -0.2) is 10.1 Å². The third-order valence-corrected chi connectivity index (χ3v) is 3.05. The number of para-hydroxylation sites is 1. The average molecular weight is 235 g/mol. The van der Waals surface area contributed by atoms with Crippen molar-refractivity contribution >= 4 is 10.9 Å². The van der Waals surface area contributed by atoms with E-state index in [1.54, 1.807) is 0 Å². The Kier molecular flexibility index (Phi) is 2.79. The summed E-state index contributed by atoms with van der Waals surface area (Å²) in [5.74, 6) is 0. The highest BCUT2D eigenvalue weighted by atomic mass is 16.3. The fraction of sp³-hybridized carbons (Fsp3) is 0.0625. The summed E-state index contributed by atoms with van der Waals surface area (Å²) in [6.07, 6.45) is 1.81. The SMILES string of the molecule is OCc1cccc(-c2cccc3cccnc23)c1. The largest absolute Gasteiger partial charge is 0.392 e. The summed E-state index contributed by atoms with van der Waals surface area (Å²) in [6, 6.07) is 18.1. The normalized spacial score (nSPS) is 10.7. The van der Waals surface area contributed by atoms with Crippen LogP contribution in [0.1, 0.15) is 5.56 Å². The first-order chi connectivity index (χ1) is 8.88. The predicted molar refractivity (Wildman–Crippen MR) is 73.1 cm³/mol. The van der Waals surface area contributed by atoms with Gasteiger partial charge in [-0.2, -0.15) is 0 Å². The van der Waals surface area contributed by atoms with Crippen molar-refractivity contribution < 1.29 is 5.11 Å². The maximum Gasteiger partial charge on any atom is 0.0780 e. The number of hydrogen-bond acceptors (Lipinski definition) is 2. The molecule has 3 aromatic rings. The topological polar surface area (TPSA) is 33.1 Å². The van der Waals surface area contributed by atoms with Crippen molar-refractivity contribution in [3.63, 3.8) is 0 Å². The smallest absolute Gasteiger partial charge is 0.0780 e. The number of aromatic nitrogens is 1. The molecular weight excluding hydrogens is 222 g/mol. The third kappa shape index (κ3) is 1.87. The fourth-order valence-corrected chi connectivity index (χ4v) is 2.17. The molecule has 2 nitrogen and oxygen atoms in total. The van der Waals surface area contributed by atoms with Crippen LogP contribution in [0.2, 0.25) is 0 Å². The molecule has 0 saturated heterocycles. The second-order valence-electron chi connectivity index (χ2n) is 4.24. The summed E-state index contributed by atoms with van der Waals surface area (Å²) in [6.45, 7) is 0.0615. The van der Waals surface area contributed by atoms with Gasteiger partial charge in [0, 0.05) is 17.1 Å². The molecule has 0 atom stereocenters. The Hall–Kier alpha value is -2.19. The summed E-state index contributed by atoms with van der Waals surface area (Å²) < 4.78 is 0. The molecule has 0 aliphatic carbocycles. The number of fused-ring (bicyclic) bond motifs is 1. The minimum Gasteiger partial charge on any atom is -0.392 e. The third-order valence-electron chi connectivity index (χ3n) is 3.05. The molecule has 18 heavy (non-hydrogen) atoms. The van der Waals surface area contributed by atoms with Crippen molar-refractivity contribution in [3.05, 3.63) is 66.4 Å². The molecule has 1 aromatic heterocycles. The fourth-order valence-electron chi connectivity index (χ4n) is 2.17. The lowest BCUT2D eigenvalue weighted by atomic mass is 10.0. The highest BCUT2D eigenvalue weighted by Crippen LogP contribution is 2.27. The zero-order valence-corrected chi connectivity index (χ0v) is 9.88. The zero-order chi connectivity index (χ0) is 12.4. The van der Waals surface area contributed by atoms with Gasteiger partial charge in [0.05, 0.1) is 12.1 Å². The molecule has 0 aliphatic rings. The van der Waals surface area contributed by atoms with Gasteiger partial charge in [0.25, 0.3) is 0 Å². The van der Waals surface area contributed by atoms with E-state index in [4.69, 9.17) is 0 Å². The molecule has 1 N–H and O–H groups in total. The van der Waals surface area contributed by atoms with Crippen LogP contribution in [0, 0.1) is 0 Å². The Balaban J connectivity index is 2.24. The summed E-state index contributed by atoms with van der Waals surface area (Å²) in [7, 11) is 0. The lowest BCUT2D eigenvalue weighted by Gasteiger charge is -2.07. The number of benzene rings is 2. The number of nitrogens with zero attached hydrogens (tertiary/aromatic N) is 1. The Labute approximate surface area is 106 Å². The van der Waals surface area contributed by atoms with Gasteiger partial charge in [-0.3, -0.25) is 4.98 Å². The lowest BCUT2D eigenvalue weighted by Crippen LogP contribution is -1.87. The molecule has 0 radical (unpaired) electrons. The van der Waals surface area contributed by atoms with Gasteiger partial charge < -0.3 is 5.11 Å². The van der Waals surface area contributed by atoms with Gasteiger partial charge in [-0.25, -0.2) is 0 Å². The molecule has 3 rings (SSSR count). The van der Waals surface area contributed by atoms with Gasteiger partial charge in [0.15, 0.2) is 0 Å². The molecule has 0 unspecified atom stereocenters. The zero-order valence-electron chi connectivity index (χ0n) is 9.88. The van der Waals surface area contributed by atoms with Crippen molar-refractivity contribution in [2.75, 3.05) is 0 Å². The predicted octanol–water partition coefficient (Wildman–Crippen LogP) is 3.39. The maximum atomic E-state index is 9.21. The lowest BCUT2D eigenvalue weighted by molar-refractivity contribution is 0.282. The van der Waals surface area contributed by atoms with Gasteiger partial charge in [0.1, 0.15) is 0 Å². The first-order valence-electron chi connectivity index (χ1n) is 5.92. The van der Waals surface area contributed by atoms with E-state index in [0.717, 1.165) is 27.6 Å². The van der Waals surface area contributed by atoms with Gasteiger partial charge in [-0.05, 0) is 23.3 Å². The van der Waals surface area contributed by atoms with Crippen LogP contribution >= 0.6 is 0 Å². The Bertz CT molecular complexity index is 686. The van der Waals surface area contributed by atoms with Gasteiger partial charge in [0.2, 0.25) is 0 Å². The van der Waals surface area contributed by atoms with Crippen molar-refractivity contribution in [2.24, 2.45) is 0 Å². The van der Waals surface area contributed by atoms with Crippen molar-refractivity contribution in [3.8, 4) is 11.1 Å². The first-order valence-corrected chi connectivity index (χ1v) is 5.92. The highest BCUT2D eigenvalue weighted by molar-refractivity contribution is 5.93.